The standard InChI is InChI=1S/C27H21N5O3S/c33-24(28-20-8-3-1-4-9-20)18-36-27-31-30-25(32(27)22-10-5-2-6-11-22)19-13-15-21(16-14-19)29-26(34)23-12-7-17-35-23/h1-17H,18H2,(H,28,33)(H,29,34). The van der Waals surface area contributed by atoms with Gasteiger partial charge in [0.15, 0.2) is 16.7 Å². The fourth-order valence-corrected chi connectivity index (χ4v) is 4.26. The second kappa shape index (κ2) is 10.7. The van der Waals surface area contributed by atoms with Crippen LogP contribution >= 0.6 is 11.8 Å². The monoisotopic (exact) mass is 495 g/mol. The predicted octanol–water partition coefficient (Wildman–Crippen LogP) is 5.51. The zero-order chi connectivity index (χ0) is 24.7. The molecule has 0 saturated heterocycles. The van der Waals surface area contributed by atoms with Crippen molar-refractivity contribution in [1.82, 2.24) is 14.8 Å². The molecule has 2 N–H and O–H groups in total. The van der Waals surface area contributed by atoms with E-state index in [0.717, 1.165) is 16.9 Å². The van der Waals surface area contributed by atoms with Gasteiger partial charge in [-0.15, -0.1) is 10.2 Å². The molecule has 0 aliphatic heterocycles. The van der Waals surface area contributed by atoms with Crippen LogP contribution in [0.3, 0.4) is 0 Å². The molecule has 0 radical (unpaired) electrons. The Hall–Kier alpha value is -4.63. The van der Waals surface area contributed by atoms with Crippen molar-refractivity contribution in [2.45, 2.75) is 5.16 Å². The van der Waals surface area contributed by atoms with E-state index in [0.29, 0.717) is 16.7 Å². The molecule has 0 spiro atoms. The molecule has 5 aromatic rings. The molecule has 0 saturated carbocycles. The van der Waals surface area contributed by atoms with Gasteiger partial charge >= 0.3 is 0 Å². The van der Waals surface area contributed by atoms with Crippen LogP contribution in [0.5, 0.6) is 0 Å². The zero-order valence-electron chi connectivity index (χ0n) is 19.0. The number of amides is 2. The highest BCUT2D eigenvalue weighted by atomic mass is 32.2. The summed E-state index contributed by atoms with van der Waals surface area (Å²) in [6, 6.07) is 29.6. The summed E-state index contributed by atoms with van der Waals surface area (Å²) in [6.07, 6.45) is 1.45. The molecule has 0 aliphatic carbocycles. The van der Waals surface area contributed by atoms with E-state index in [9.17, 15) is 9.59 Å². The van der Waals surface area contributed by atoms with Gasteiger partial charge in [-0.3, -0.25) is 14.2 Å². The topological polar surface area (TPSA) is 102 Å². The molecule has 36 heavy (non-hydrogen) atoms. The minimum Gasteiger partial charge on any atom is -0.459 e. The van der Waals surface area contributed by atoms with Gasteiger partial charge in [-0.2, -0.15) is 0 Å². The number of nitrogens with zero attached hydrogens (tertiary/aromatic N) is 3. The van der Waals surface area contributed by atoms with Crippen molar-refractivity contribution < 1.29 is 14.0 Å². The van der Waals surface area contributed by atoms with Gasteiger partial charge in [-0.25, -0.2) is 0 Å². The number of nitrogens with one attached hydrogen (secondary N) is 2. The van der Waals surface area contributed by atoms with Gasteiger partial charge in [0.1, 0.15) is 0 Å². The second-order valence-electron chi connectivity index (χ2n) is 7.69. The van der Waals surface area contributed by atoms with Crippen molar-refractivity contribution in [3.05, 3.63) is 109 Å². The van der Waals surface area contributed by atoms with Gasteiger partial charge in [0.25, 0.3) is 5.91 Å². The number of hydrogen-bond donors (Lipinski definition) is 2. The number of para-hydroxylation sites is 2. The minimum absolute atomic E-state index is 0.132. The Morgan fingerprint density at radius 1 is 0.778 bits per heavy atom. The number of anilines is 2. The number of rotatable bonds is 8. The molecule has 0 unspecified atom stereocenters. The van der Waals surface area contributed by atoms with Crippen molar-refractivity contribution in [2.75, 3.05) is 16.4 Å². The lowest BCUT2D eigenvalue weighted by Gasteiger charge is -2.11. The average Bonchev–Trinajstić information content (AvgIpc) is 3.60. The lowest BCUT2D eigenvalue weighted by Crippen LogP contribution is -2.14. The van der Waals surface area contributed by atoms with Crippen molar-refractivity contribution in [1.29, 1.82) is 0 Å². The van der Waals surface area contributed by atoms with E-state index >= 15 is 0 Å². The van der Waals surface area contributed by atoms with Crippen LogP contribution in [0.2, 0.25) is 0 Å². The molecule has 0 bridgehead atoms. The van der Waals surface area contributed by atoms with E-state index < -0.39 is 0 Å². The van der Waals surface area contributed by atoms with E-state index in [1.54, 1.807) is 24.3 Å². The van der Waals surface area contributed by atoms with Crippen LogP contribution in [-0.4, -0.2) is 32.3 Å². The molecule has 178 valence electrons. The average molecular weight is 496 g/mol. The summed E-state index contributed by atoms with van der Waals surface area (Å²) in [5.74, 6) is 0.578. The Morgan fingerprint density at radius 3 is 2.17 bits per heavy atom. The number of hydrogen-bond acceptors (Lipinski definition) is 6. The summed E-state index contributed by atoms with van der Waals surface area (Å²) < 4.78 is 7.05. The Balaban J connectivity index is 1.36. The quantitative estimate of drug-likeness (QED) is 0.275. The van der Waals surface area contributed by atoms with Crippen LogP contribution in [0.4, 0.5) is 11.4 Å². The van der Waals surface area contributed by atoms with Crippen LogP contribution in [0, 0.1) is 0 Å². The first-order chi connectivity index (χ1) is 17.7. The first kappa shape index (κ1) is 23.1. The maximum Gasteiger partial charge on any atom is 0.291 e. The second-order valence-corrected chi connectivity index (χ2v) is 8.63. The lowest BCUT2D eigenvalue weighted by atomic mass is 10.2. The minimum atomic E-state index is -0.326. The lowest BCUT2D eigenvalue weighted by molar-refractivity contribution is -0.113. The van der Waals surface area contributed by atoms with Crippen molar-refractivity contribution in [3.8, 4) is 17.1 Å². The van der Waals surface area contributed by atoms with Gasteiger partial charge in [-0.1, -0.05) is 48.2 Å². The number of aromatic nitrogens is 3. The smallest absolute Gasteiger partial charge is 0.291 e. The molecule has 2 heterocycles. The highest BCUT2D eigenvalue weighted by molar-refractivity contribution is 7.99. The van der Waals surface area contributed by atoms with Crippen LogP contribution in [0.15, 0.2) is 113 Å². The first-order valence-electron chi connectivity index (χ1n) is 11.1. The summed E-state index contributed by atoms with van der Waals surface area (Å²) in [6.45, 7) is 0. The molecule has 0 aliphatic rings. The Bertz CT molecular complexity index is 1450. The van der Waals surface area contributed by atoms with Gasteiger partial charge in [0.05, 0.1) is 12.0 Å². The normalized spacial score (nSPS) is 10.7. The summed E-state index contributed by atoms with van der Waals surface area (Å²) in [5, 5.41) is 15.1. The molecule has 2 aromatic heterocycles. The molecule has 9 heteroatoms. The molecular weight excluding hydrogens is 474 g/mol. The molecular formula is C27H21N5O3S. The van der Waals surface area contributed by atoms with Crippen LogP contribution in [-0.2, 0) is 4.79 Å². The van der Waals surface area contributed by atoms with Gasteiger partial charge in [-0.05, 0) is 60.7 Å². The fraction of sp³-hybridized carbons (Fsp3) is 0.0370. The number of carbonyl (C=O) groups excluding carboxylic acids is 2. The third kappa shape index (κ3) is 5.37. The third-order valence-corrected chi connectivity index (χ3v) is 6.11. The van der Waals surface area contributed by atoms with Gasteiger partial charge in [0, 0.05) is 22.6 Å². The Labute approximate surface area is 211 Å². The highest BCUT2D eigenvalue weighted by Crippen LogP contribution is 2.29. The largest absolute Gasteiger partial charge is 0.459 e. The van der Waals surface area contributed by atoms with Crippen LogP contribution < -0.4 is 10.6 Å². The maximum atomic E-state index is 12.5. The Kier molecular flexibility index (Phi) is 6.90. The molecule has 0 atom stereocenters. The van der Waals surface area contributed by atoms with Crippen LogP contribution in [0.25, 0.3) is 17.1 Å². The van der Waals surface area contributed by atoms with E-state index in [-0.39, 0.29) is 23.3 Å². The number of furan rings is 1. The zero-order valence-corrected chi connectivity index (χ0v) is 19.8. The summed E-state index contributed by atoms with van der Waals surface area (Å²) >= 11 is 1.30. The highest BCUT2D eigenvalue weighted by Gasteiger charge is 2.18. The van der Waals surface area contributed by atoms with Crippen molar-refractivity contribution in [2.24, 2.45) is 0 Å². The van der Waals surface area contributed by atoms with Crippen molar-refractivity contribution >= 4 is 35.0 Å². The molecule has 0 fully saturated rings. The molecule has 5 rings (SSSR count). The summed E-state index contributed by atoms with van der Waals surface area (Å²) in [7, 11) is 0. The molecule has 3 aromatic carbocycles. The molecule has 8 nitrogen and oxygen atoms in total. The first-order valence-corrected chi connectivity index (χ1v) is 12.1. The van der Waals surface area contributed by atoms with Gasteiger partial charge < -0.3 is 15.1 Å². The van der Waals surface area contributed by atoms with Crippen molar-refractivity contribution in [3.63, 3.8) is 0 Å². The van der Waals surface area contributed by atoms with E-state index in [2.05, 4.69) is 20.8 Å². The van der Waals surface area contributed by atoms with Gasteiger partial charge in [0.2, 0.25) is 5.91 Å². The number of thioether (sulfide) groups is 1. The Morgan fingerprint density at radius 2 is 1.47 bits per heavy atom. The molecule has 2 amide bonds. The SMILES string of the molecule is O=C(CSc1nnc(-c2ccc(NC(=O)c3ccco3)cc2)n1-c1ccccc1)Nc1ccccc1. The number of carbonyl (C=O) groups is 2. The van der Waals surface area contributed by atoms with E-state index in [1.807, 2.05) is 77.4 Å². The van der Waals surface area contributed by atoms with Crippen LogP contribution in [0.1, 0.15) is 10.6 Å². The predicted molar refractivity (Wildman–Crippen MR) is 139 cm³/mol. The summed E-state index contributed by atoms with van der Waals surface area (Å²) in [4.78, 5) is 24.7. The third-order valence-electron chi connectivity index (χ3n) is 5.18. The summed E-state index contributed by atoms with van der Waals surface area (Å²) in [5.41, 5.74) is 3.05. The maximum absolute atomic E-state index is 12.5. The van der Waals surface area contributed by atoms with E-state index in [1.165, 1.54) is 18.0 Å². The number of benzene rings is 3. The van der Waals surface area contributed by atoms with E-state index in [4.69, 9.17) is 4.42 Å². The fourth-order valence-electron chi connectivity index (χ4n) is 3.51.